The summed E-state index contributed by atoms with van der Waals surface area (Å²) in [5, 5.41) is 20.1. The summed E-state index contributed by atoms with van der Waals surface area (Å²) in [5.74, 6) is 0.320. The Kier molecular flexibility index (Phi) is 4.64. The monoisotopic (exact) mass is 251 g/mol. The van der Waals surface area contributed by atoms with Crippen LogP contribution in [0.15, 0.2) is 12.1 Å². The van der Waals surface area contributed by atoms with Crippen LogP contribution in [-0.2, 0) is 11.2 Å². The molecule has 0 fully saturated rings. The molecule has 1 rings (SSSR count). The van der Waals surface area contributed by atoms with E-state index in [1.54, 1.807) is 13.8 Å². The molecule has 0 amide bonds. The first-order chi connectivity index (χ1) is 8.31. The summed E-state index contributed by atoms with van der Waals surface area (Å²) in [6, 6.07) is 3.76. The van der Waals surface area contributed by atoms with Crippen LogP contribution < -0.4 is 5.32 Å². The second-order valence-electron chi connectivity index (χ2n) is 5.55. The fourth-order valence-electron chi connectivity index (χ4n) is 1.37. The molecule has 0 aliphatic carbocycles. The smallest absolute Gasteiger partial charge is 0.310 e. The Morgan fingerprint density at radius 2 is 2.06 bits per heavy atom. The van der Waals surface area contributed by atoms with Gasteiger partial charge < -0.3 is 10.4 Å². The van der Waals surface area contributed by atoms with E-state index < -0.39 is 11.4 Å². The second kappa shape index (κ2) is 5.80. The molecule has 0 unspecified atom stereocenters. The van der Waals surface area contributed by atoms with Crippen LogP contribution in [-0.4, -0.2) is 27.8 Å². The predicted octanol–water partition coefficient (Wildman–Crippen LogP) is 2.20. The minimum atomic E-state index is -0.834. The molecule has 0 saturated carbocycles. The lowest BCUT2D eigenvalue weighted by Gasteiger charge is -2.19. The standard InChI is InChI=1S/C13H21N3O2/c1-9(2)7-10-5-6-11(16-15-10)14-8-13(3,4)12(17)18/h5-6,9H,7-8H2,1-4H3,(H,14,16)(H,17,18). The van der Waals surface area contributed by atoms with E-state index in [4.69, 9.17) is 5.11 Å². The van der Waals surface area contributed by atoms with Crippen molar-refractivity contribution in [1.29, 1.82) is 0 Å². The lowest BCUT2D eigenvalue weighted by molar-refractivity contribution is -0.146. The Morgan fingerprint density at radius 1 is 1.39 bits per heavy atom. The minimum Gasteiger partial charge on any atom is -0.481 e. The van der Waals surface area contributed by atoms with Gasteiger partial charge in [-0.25, -0.2) is 0 Å². The Morgan fingerprint density at radius 3 is 2.50 bits per heavy atom. The van der Waals surface area contributed by atoms with Crippen LogP contribution in [0.1, 0.15) is 33.4 Å². The molecular weight excluding hydrogens is 230 g/mol. The van der Waals surface area contributed by atoms with Gasteiger partial charge in [0.25, 0.3) is 0 Å². The van der Waals surface area contributed by atoms with Crippen LogP contribution in [0.5, 0.6) is 0 Å². The molecule has 0 saturated heterocycles. The number of carboxylic acids is 1. The van der Waals surface area contributed by atoms with E-state index in [9.17, 15) is 4.79 Å². The third-order valence-electron chi connectivity index (χ3n) is 2.63. The molecule has 0 atom stereocenters. The van der Waals surface area contributed by atoms with E-state index in [0.29, 0.717) is 18.3 Å². The average Bonchev–Trinajstić information content (AvgIpc) is 2.27. The molecule has 0 aliphatic rings. The number of nitrogens with zero attached hydrogens (tertiary/aromatic N) is 2. The van der Waals surface area contributed by atoms with Gasteiger partial charge in [-0.3, -0.25) is 4.79 Å². The maximum atomic E-state index is 10.9. The SMILES string of the molecule is CC(C)Cc1ccc(NCC(C)(C)C(=O)O)nn1. The fraction of sp³-hybridized carbons (Fsp3) is 0.615. The summed E-state index contributed by atoms with van der Waals surface area (Å²) >= 11 is 0. The van der Waals surface area contributed by atoms with E-state index in [1.807, 2.05) is 12.1 Å². The molecule has 18 heavy (non-hydrogen) atoms. The van der Waals surface area contributed by atoms with Crippen molar-refractivity contribution >= 4 is 11.8 Å². The third-order valence-corrected chi connectivity index (χ3v) is 2.63. The van der Waals surface area contributed by atoms with Gasteiger partial charge in [-0.2, -0.15) is 5.10 Å². The predicted molar refractivity (Wildman–Crippen MR) is 70.5 cm³/mol. The zero-order valence-corrected chi connectivity index (χ0v) is 11.4. The zero-order valence-electron chi connectivity index (χ0n) is 11.4. The highest BCUT2D eigenvalue weighted by Crippen LogP contribution is 2.16. The van der Waals surface area contributed by atoms with Crippen LogP contribution in [0.25, 0.3) is 0 Å². The Bertz CT molecular complexity index is 399. The summed E-state index contributed by atoms with van der Waals surface area (Å²) in [4.78, 5) is 10.9. The van der Waals surface area contributed by atoms with Crippen LogP contribution in [0, 0.1) is 11.3 Å². The lowest BCUT2D eigenvalue weighted by Crippen LogP contribution is -2.32. The highest BCUT2D eigenvalue weighted by molar-refractivity contribution is 5.74. The summed E-state index contributed by atoms with van der Waals surface area (Å²) in [6.45, 7) is 7.92. The first-order valence-electron chi connectivity index (χ1n) is 6.11. The Balaban J connectivity index is 2.57. The topological polar surface area (TPSA) is 75.1 Å². The largest absolute Gasteiger partial charge is 0.481 e. The summed E-state index contributed by atoms with van der Waals surface area (Å²) < 4.78 is 0. The average molecular weight is 251 g/mol. The minimum absolute atomic E-state index is 0.320. The maximum absolute atomic E-state index is 10.9. The molecule has 1 aromatic heterocycles. The molecule has 0 spiro atoms. The Labute approximate surface area is 108 Å². The van der Waals surface area contributed by atoms with Crippen molar-refractivity contribution < 1.29 is 9.90 Å². The first kappa shape index (κ1) is 14.4. The van der Waals surface area contributed by atoms with Gasteiger partial charge in [0, 0.05) is 6.54 Å². The fourth-order valence-corrected chi connectivity index (χ4v) is 1.37. The van der Waals surface area contributed by atoms with Crippen molar-refractivity contribution in [1.82, 2.24) is 10.2 Å². The highest BCUT2D eigenvalue weighted by atomic mass is 16.4. The van der Waals surface area contributed by atoms with Gasteiger partial charge in [-0.15, -0.1) is 5.10 Å². The van der Waals surface area contributed by atoms with Crippen LogP contribution >= 0.6 is 0 Å². The van der Waals surface area contributed by atoms with Crippen molar-refractivity contribution in [3.63, 3.8) is 0 Å². The maximum Gasteiger partial charge on any atom is 0.310 e. The number of carbonyl (C=O) groups is 1. The number of hydrogen-bond donors (Lipinski definition) is 2. The van der Waals surface area contributed by atoms with Gasteiger partial charge in [0.2, 0.25) is 0 Å². The molecule has 0 bridgehead atoms. The normalized spacial score (nSPS) is 11.6. The zero-order chi connectivity index (χ0) is 13.8. The van der Waals surface area contributed by atoms with Gasteiger partial charge >= 0.3 is 5.97 Å². The summed E-state index contributed by atoms with van der Waals surface area (Å²) in [7, 11) is 0. The molecule has 5 heteroatoms. The molecule has 5 nitrogen and oxygen atoms in total. The lowest BCUT2D eigenvalue weighted by atomic mass is 9.94. The van der Waals surface area contributed by atoms with Crippen molar-refractivity contribution in [2.24, 2.45) is 11.3 Å². The highest BCUT2D eigenvalue weighted by Gasteiger charge is 2.26. The van der Waals surface area contributed by atoms with Gasteiger partial charge in [0.05, 0.1) is 11.1 Å². The molecule has 0 radical (unpaired) electrons. The van der Waals surface area contributed by atoms with Gasteiger partial charge in [0.1, 0.15) is 5.82 Å². The summed E-state index contributed by atoms with van der Waals surface area (Å²) in [6.07, 6.45) is 0.897. The van der Waals surface area contributed by atoms with E-state index in [1.165, 1.54) is 0 Å². The van der Waals surface area contributed by atoms with Gasteiger partial charge in [0.15, 0.2) is 0 Å². The number of nitrogens with one attached hydrogen (secondary N) is 1. The van der Waals surface area contributed by atoms with Crippen molar-refractivity contribution in [3.05, 3.63) is 17.8 Å². The second-order valence-corrected chi connectivity index (χ2v) is 5.55. The molecule has 0 aromatic carbocycles. The number of aromatic nitrogens is 2. The molecule has 0 aliphatic heterocycles. The Hall–Kier alpha value is -1.65. The van der Waals surface area contributed by atoms with Gasteiger partial charge in [-0.1, -0.05) is 13.8 Å². The number of anilines is 1. The van der Waals surface area contributed by atoms with E-state index in [2.05, 4.69) is 29.4 Å². The first-order valence-corrected chi connectivity index (χ1v) is 6.11. The number of hydrogen-bond acceptors (Lipinski definition) is 4. The van der Waals surface area contributed by atoms with Crippen LogP contribution in [0.2, 0.25) is 0 Å². The number of aliphatic carboxylic acids is 1. The van der Waals surface area contributed by atoms with E-state index >= 15 is 0 Å². The summed E-state index contributed by atoms with van der Waals surface area (Å²) in [5.41, 5.74) is 0.131. The van der Waals surface area contributed by atoms with Crippen molar-refractivity contribution in [2.45, 2.75) is 34.1 Å². The van der Waals surface area contributed by atoms with E-state index in [0.717, 1.165) is 12.1 Å². The van der Waals surface area contributed by atoms with Crippen molar-refractivity contribution in [3.8, 4) is 0 Å². The quantitative estimate of drug-likeness (QED) is 0.810. The molecule has 1 heterocycles. The van der Waals surface area contributed by atoms with Crippen LogP contribution in [0.4, 0.5) is 5.82 Å². The molecule has 1 aromatic rings. The van der Waals surface area contributed by atoms with Crippen molar-refractivity contribution in [2.75, 3.05) is 11.9 Å². The molecule has 2 N–H and O–H groups in total. The van der Waals surface area contributed by atoms with Gasteiger partial charge in [-0.05, 0) is 38.3 Å². The molecule has 100 valence electrons. The van der Waals surface area contributed by atoms with Crippen LogP contribution in [0.3, 0.4) is 0 Å². The van der Waals surface area contributed by atoms with E-state index in [-0.39, 0.29) is 0 Å². The molecular formula is C13H21N3O2. The number of rotatable bonds is 6. The number of carboxylic acid groups (broad SMARTS) is 1. The third kappa shape index (κ3) is 4.31.